The third kappa shape index (κ3) is 5.35. The number of pyridine rings is 1. The van der Waals surface area contributed by atoms with Crippen molar-refractivity contribution in [2.24, 2.45) is 0 Å². The smallest absolute Gasteiger partial charge is 0.318 e. The highest BCUT2D eigenvalue weighted by Gasteiger charge is 2.18. The lowest BCUT2D eigenvalue weighted by atomic mass is 10.1. The predicted octanol–water partition coefficient (Wildman–Crippen LogP) is 4.52. The fraction of sp³-hybridized carbons (Fsp3) is 0.200. The molecule has 4 rings (SSSR count). The van der Waals surface area contributed by atoms with Gasteiger partial charge in [-0.2, -0.15) is 0 Å². The van der Waals surface area contributed by atoms with Gasteiger partial charge in [0.15, 0.2) is 11.5 Å². The van der Waals surface area contributed by atoms with Crippen LogP contribution >= 0.6 is 11.3 Å². The topological polar surface area (TPSA) is 83.7 Å². The van der Waals surface area contributed by atoms with Crippen molar-refractivity contribution in [2.45, 2.75) is 19.6 Å². The summed E-state index contributed by atoms with van der Waals surface area (Å²) < 4.78 is 10.7. The number of urea groups is 1. The van der Waals surface area contributed by atoms with E-state index in [1.165, 1.54) is 0 Å². The van der Waals surface area contributed by atoms with E-state index in [9.17, 15) is 9.59 Å². The van der Waals surface area contributed by atoms with E-state index >= 15 is 0 Å². The first-order valence-corrected chi connectivity index (χ1v) is 11.3. The Hall–Kier alpha value is -3.78. The second-order valence-electron chi connectivity index (χ2n) is 7.50. The van der Waals surface area contributed by atoms with E-state index in [1.54, 1.807) is 42.6 Å². The highest BCUT2D eigenvalue weighted by Crippen LogP contribution is 2.31. The molecule has 0 saturated heterocycles. The van der Waals surface area contributed by atoms with Crippen LogP contribution in [0.2, 0.25) is 0 Å². The molecule has 0 spiro atoms. The first-order valence-electron chi connectivity index (χ1n) is 10.4. The summed E-state index contributed by atoms with van der Waals surface area (Å²) in [5, 5.41) is 5.73. The maximum atomic E-state index is 13.1. The molecule has 0 radical (unpaired) electrons. The molecule has 0 bridgehead atoms. The molecule has 33 heavy (non-hydrogen) atoms. The van der Waals surface area contributed by atoms with Crippen LogP contribution in [-0.2, 0) is 19.6 Å². The van der Waals surface area contributed by atoms with E-state index in [0.29, 0.717) is 35.7 Å². The highest BCUT2D eigenvalue weighted by molar-refractivity contribution is 7.09. The van der Waals surface area contributed by atoms with E-state index in [-0.39, 0.29) is 18.1 Å². The van der Waals surface area contributed by atoms with Gasteiger partial charge in [0.25, 0.3) is 5.56 Å². The first-order chi connectivity index (χ1) is 16.1. The number of nitrogens with zero attached hydrogens (tertiary/aromatic N) is 1. The van der Waals surface area contributed by atoms with Crippen molar-refractivity contribution in [3.05, 3.63) is 92.4 Å². The number of methoxy groups -OCH3 is 2. The number of rotatable bonds is 8. The Labute approximate surface area is 195 Å². The maximum absolute atomic E-state index is 13.1. The molecule has 7 nitrogen and oxygen atoms in total. The number of fused-ring (bicyclic) bond motifs is 1. The van der Waals surface area contributed by atoms with Crippen LogP contribution in [0, 0.1) is 0 Å². The van der Waals surface area contributed by atoms with Crippen molar-refractivity contribution < 1.29 is 14.3 Å². The summed E-state index contributed by atoms with van der Waals surface area (Å²) in [6.45, 7) is 0.978. The van der Waals surface area contributed by atoms with Gasteiger partial charge in [-0.05, 0) is 29.1 Å². The highest BCUT2D eigenvalue weighted by atomic mass is 32.1. The minimum absolute atomic E-state index is 0.165. The van der Waals surface area contributed by atoms with Gasteiger partial charge in [0.2, 0.25) is 0 Å². The number of aromatic nitrogens is 1. The molecule has 0 unspecified atom stereocenters. The molecule has 0 aliphatic rings. The molecule has 2 amide bonds. The summed E-state index contributed by atoms with van der Waals surface area (Å²) in [5.41, 5.74) is 1.88. The molecular formula is C25H25N3O4S. The number of carbonyl (C=O) groups excluding carboxylic acids is 1. The van der Waals surface area contributed by atoms with Crippen LogP contribution < -0.4 is 20.3 Å². The molecule has 0 fully saturated rings. The average Bonchev–Trinajstić information content (AvgIpc) is 3.35. The van der Waals surface area contributed by atoms with Crippen LogP contribution in [0.5, 0.6) is 11.5 Å². The molecule has 0 aliphatic heterocycles. The van der Waals surface area contributed by atoms with E-state index in [1.807, 2.05) is 53.9 Å². The number of benzene rings is 2. The molecular weight excluding hydrogens is 438 g/mol. The van der Waals surface area contributed by atoms with Gasteiger partial charge in [0, 0.05) is 28.4 Å². The van der Waals surface area contributed by atoms with Crippen molar-refractivity contribution in [3.63, 3.8) is 0 Å². The Kier molecular flexibility index (Phi) is 6.95. The summed E-state index contributed by atoms with van der Waals surface area (Å²) in [6.07, 6.45) is 0. The van der Waals surface area contributed by atoms with Gasteiger partial charge >= 0.3 is 6.03 Å². The zero-order valence-electron chi connectivity index (χ0n) is 18.5. The molecule has 2 aromatic heterocycles. The molecule has 2 aromatic carbocycles. The molecule has 2 heterocycles. The number of carbonyl (C=O) groups is 1. The Bertz CT molecular complexity index is 1290. The first kappa shape index (κ1) is 22.4. The molecule has 0 atom stereocenters. The SMILES string of the molecule is COc1cc2cc(CN(Cc3cccs3)C(=O)NCc3ccccc3)c(=O)[nH]c2cc1OC. The normalized spacial score (nSPS) is 10.7. The largest absolute Gasteiger partial charge is 0.493 e. The van der Waals surface area contributed by atoms with Crippen LogP contribution in [0.4, 0.5) is 4.79 Å². The monoisotopic (exact) mass is 463 g/mol. The van der Waals surface area contributed by atoms with Gasteiger partial charge in [-0.15, -0.1) is 11.3 Å². The quantitative estimate of drug-likeness (QED) is 0.403. The maximum Gasteiger partial charge on any atom is 0.318 e. The number of amides is 2. The average molecular weight is 464 g/mol. The summed E-state index contributed by atoms with van der Waals surface area (Å²) in [6, 6.07) is 18.7. The fourth-order valence-electron chi connectivity index (χ4n) is 3.58. The van der Waals surface area contributed by atoms with Crippen molar-refractivity contribution in [2.75, 3.05) is 14.2 Å². The third-order valence-corrected chi connectivity index (χ3v) is 6.15. The zero-order valence-corrected chi connectivity index (χ0v) is 19.3. The standard InChI is InChI=1S/C25H25N3O4S/c1-31-22-12-18-11-19(24(29)27-21(18)13-23(22)32-2)15-28(16-20-9-6-10-33-20)25(30)26-14-17-7-4-3-5-8-17/h3-13H,14-16H2,1-2H3,(H,26,30)(H,27,29). The summed E-state index contributed by atoms with van der Waals surface area (Å²) in [7, 11) is 3.11. The third-order valence-electron chi connectivity index (χ3n) is 5.29. The lowest BCUT2D eigenvalue weighted by Crippen LogP contribution is -2.39. The number of hydrogen-bond donors (Lipinski definition) is 2. The number of H-pyrrole nitrogens is 1. The van der Waals surface area contributed by atoms with Crippen LogP contribution in [-0.4, -0.2) is 30.1 Å². The fourth-order valence-corrected chi connectivity index (χ4v) is 4.30. The van der Waals surface area contributed by atoms with Crippen molar-refractivity contribution in [1.82, 2.24) is 15.2 Å². The Morgan fingerprint density at radius 1 is 1.00 bits per heavy atom. The summed E-state index contributed by atoms with van der Waals surface area (Å²) in [4.78, 5) is 31.5. The van der Waals surface area contributed by atoms with Crippen LogP contribution in [0.25, 0.3) is 10.9 Å². The minimum Gasteiger partial charge on any atom is -0.493 e. The Morgan fingerprint density at radius 3 is 2.45 bits per heavy atom. The van der Waals surface area contributed by atoms with E-state index in [2.05, 4.69) is 10.3 Å². The van der Waals surface area contributed by atoms with E-state index < -0.39 is 0 Å². The lowest BCUT2D eigenvalue weighted by Gasteiger charge is -2.23. The van der Waals surface area contributed by atoms with E-state index in [0.717, 1.165) is 15.8 Å². The Balaban J connectivity index is 1.61. The molecule has 0 aliphatic carbocycles. The minimum atomic E-state index is -0.248. The lowest BCUT2D eigenvalue weighted by molar-refractivity contribution is 0.192. The van der Waals surface area contributed by atoms with Gasteiger partial charge in [-0.3, -0.25) is 4.79 Å². The second kappa shape index (κ2) is 10.2. The summed E-state index contributed by atoms with van der Waals surface area (Å²) >= 11 is 1.57. The molecule has 4 aromatic rings. The summed E-state index contributed by atoms with van der Waals surface area (Å²) in [5.74, 6) is 1.10. The van der Waals surface area contributed by atoms with Gasteiger partial charge in [-0.25, -0.2) is 4.79 Å². The number of ether oxygens (including phenoxy) is 2. The number of hydrogen-bond acceptors (Lipinski definition) is 5. The van der Waals surface area contributed by atoms with Crippen LogP contribution in [0.15, 0.2) is 70.8 Å². The molecule has 170 valence electrons. The molecule has 2 N–H and O–H groups in total. The number of thiophene rings is 1. The molecule has 0 saturated carbocycles. The van der Waals surface area contributed by atoms with Gasteiger partial charge < -0.3 is 24.7 Å². The second-order valence-corrected chi connectivity index (χ2v) is 8.53. The van der Waals surface area contributed by atoms with Crippen molar-refractivity contribution in [1.29, 1.82) is 0 Å². The number of nitrogens with one attached hydrogen (secondary N) is 2. The van der Waals surface area contributed by atoms with Crippen molar-refractivity contribution in [3.8, 4) is 11.5 Å². The van der Waals surface area contributed by atoms with Crippen LogP contribution in [0.3, 0.4) is 0 Å². The van der Waals surface area contributed by atoms with Gasteiger partial charge in [0.05, 0.1) is 32.8 Å². The van der Waals surface area contributed by atoms with Gasteiger partial charge in [-0.1, -0.05) is 36.4 Å². The van der Waals surface area contributed by atoms with Gasteiger partial charge in [0.1, 0.15) is 0 Å². The van der Waals surface area contributed by atoms with Crippen molar-refractivity contribution >= 4 is 28.3 Å². The van der Waals surface area contributed by atoms with E-state index in [4.69, 9.17) is 9.47 Å². The number of aromatic amines is 1. The van der Waals surface area contributed by atoms with Crippen LogP contribution in [0.1, 0.15) is 16.0 Å². The molecule has 8 heteroatoms. The Morgan fingerprint density at radius 2 is 1.76 bits per heavy atom. The predicted molar refractivity (Wildman–Crippen MR) is 130 cm³/mol. The zero-order chi connectivity index (χ0) is 23.2.